The van der Waals surface area contributed by atoms with Gasteiger partial charge >= 0.3 is 17.9 Å². The van der Waals surface area contributed by atoms with E-state index in [2.05, 4.69) is 11.3 Å². The van der Waals surface area contributed by atoms with Crippen LogP contribution in [0.5, 0.6) is 0 Å². The van der Waals surface area contributed by atoms with Crippen molar-refractivity contribution >= 4 is 17.9 Å². The summed E-state index contributed by atoms with van der Waals surface area (Å²) in [5.74, 6) is -2.05. The number of esters is 2. The SMILES string of the molecule is C=C(CCCCCO)C(=O)O.CC(=O)OC(C)=O. The lowest BCUT2D eigenvalue weighted by Gasteiger charge is -1.98. The molecule has 0 aromatic carbocycles. The van der Waals surface area contributed by atoms with E-state index in [1.54, 1.807) is 0 Å². The first-order valence-electron chi connectivity index (χ1n) is 5.52. The van der Waals surface area contributed by atoms with Crippen molar-refractivity contribution < 1.29 is 29.3 Å². The number of hydrogen-bond acceptors (Lipinski definition) is 5. The van der Waals surface area contributed by atoms with Crippen molar-refractivity contribution in [3.05, 3.63) is 12.2 Å². The first kappa shape index (κ1) is 18.7. The largest absolute Gasteiger partial charge is 0.478 e. The van der Waals surface area contributed by atoms with Gasteiger partial charge in [0.05, 0.1) is 0 Å². The van der Waals surface area contributed by atoms with E-state index in [0.717, 1.165) is 19.3 Å². The van der Waals surface area contributed by atoms with Crippen LogP contribution >= 0.6 is 0 Å². The zero-order valence-corrected chi connectivity index (χ0v) is 10.8. The van der Waals surface area contributed by atoms with Crippen LogP contribution in [0.1, 0.15) is 39.5 Å². The average Bonchev–Trinajstić information content (AvgIpc) is 2.22. The molecule has 104 valence electrons. The second-order valence-corrected chi connectivity index (χ2v) is 3.53. The molecule has 0 saturated carbocycles. The summed E-state index contributed by atoms with van der Waals surface area (Å²) in [5.41, 5.74) is 0.253. The lowest BCUT2D eigenvalue weighted by molar-refractivity contribution is -0.156. The van der Waals surface area contributed by atoms with E-state index in [9.17, 15) is 14.4 Å². The minimum Gasteiger partial charge on any atom is -0.478 e. The van der Waals surface area contributed by atoms with E-state index >= 15 is 0 Å². The van der Waals surface area contributed by atoms with Crippen LogP contribution in [0.15, 0.2) is 12.2 Å². The molecule has 0 aliphatic heterocycles. The summed E-state index contributed by atoms with van der Waals surface area (Å²) in [7, 11) is 0. The van der Waals surface area contributed by atoms with Gasteiger partial charge in [0.15, 0.2) is 0 Å². The van der Waals surface area contributed by atoms with Gasteiger partial charge in [0, 0.05) is 26.0 Å². The lowest BCUT2D eigenvalue weighted by atomic mass is 10.1. The standard InChI is InChI=1S/C8H14O3.C4H6O3/c1-7(8(10)11)5-3-2-4-6-9;1-3(5)7-4(2)6/h9H,1-6H2,(H,10,11);1-2H3. The highest BCUT2D eigenvalue weighted by Crippen LogP contribution is 2.06. The fraction of sp³-hybridized carbons (Fsp3) is 0.583. The summed E-state index contributed by atoms with van der Waals surface area (Å²) in [4.78, 5) is 29.8. The summed E-state index contributed by atoms with van der Waals surface area (Å²) < 4.78 is 3.97. The highest BCUT2D eigenvalue weighted by molar-refractivity contribution is 5.85. The minimum atomic E-state index is -0.922. The summed E-state index contributed by atoms with van der Waals surface area (Å²) in [5, 5.41) is 16.8. The predicted octanol–water partition coefficient (Wildman–Crippen LogP) is 1.28. The van der Waals surface area contributed by atoms with Crippen LogP contribution in [0.2, 0.25) is 0 Å². The number of ether oxygens (including phenoxy) is 1. The average molecular weight is 260 g/mol. The van der Waals surface area contributed by atoms with Gasteiger partial charge in [0.2, 0.25) is 0 Å². The molecule has 0 radical (unpaired) electrons. The summed E-state index contributed by atoms with van der Waals surface area (Å²) in [6, 6.07) is 0. The summed E-state index contributed by atoms with van der Waals surface area (Å²) in [6.07, 6.45) is 2.93. The fourth-order valence-corrected chi connectivity index (χ4v) is 0.936. The molecular weight excluding hydrogens is 240 g/mol. The van der Waals surface area contributed by atoms with Crippen LogP contribution in [0, 0.1) is 0 Å². The molecule has 0 aromatic heterocycles. The fourth-order valence-electron chi connectivity index (χ4n) is 0.936. The van der Waals surface area contributed by atoms with Crippen molar-refractivity contribution in [1.29, 1.82) is 0 Å². The molecule has 0 aliphatic carbocycles. The van der Waals surface area contributed by atoms with Gasteiger partial charge in [-0.1, -0.05) is 13.0 Å². The van der Waals surface area contributed by atoms with Gasteiger partial charge in [-0.05, 0) is 19.3 Å². The van der Waals surface area contributed by atoms with E-state index in [1.165, 1.54) is 13.8 Å². The number of carboxylic acid groups (broad SMARTS) is 1. The maximum atomic E-state index is 10.2. The molecule has 0 aromatic rings. The summed E-state index contributed by atoms with van der Waals surface area (Å²) >= 11 is 0. The van der Waals surface area contributed by atoms with Crippen molar-refractivity contribution in [2.45, 2.75) is 39.5 Å². The van der Waals surface area contributed by atoms with Crippen LogP contribution in [-0.4, -0.2) is 34.7 Å². The van der Waals surface area contributed by atoms with Crippen LogP contribution in [0.25, 0.3) is 0 Å². The molecule has 0 rings (SSSR count). The third-order valence-corrected chi connectivity index (χ3v) is 1.73. The van der Waals surface area contributed by atoms with Crippen molar-refractivity contribution in [2.24, 2.45) is 0 Å². The Bertz CT molecular complexity index is 283. The smallest absolute Gasteiger partial charge is 0.330 e. The number of aliphatic hydroxyl groups is 1. The molecule has 0 saturated heterocycles. The van der Waals surface area contributed by atoms with Crippen LogP contribution < -0.4 is 0 Å². The number of carboxylic acids is 1. The molecule has 0 spiro atoms. The van der Waals surface area contributed by atoms with E-state index < -0.39 is 17.9 Å². The van der Waals surface area contributed by atoms with E-state index in [-0.39, 0.29) is 12.2 Å². The monoisotopic (exact) mass is 260 g/mol. The summed E-state index contributed by atoms with van der Waals surface area (Å²) in [6.45, 7) is 5.93. The molecule has 6 nitrogen and oxygen atoms in total. The van der Waals surface area contributed by atoms with Gasteiger partial charge in [-0.3, -0.25) is 9.59 Å². The molecule has 2 N–H and O–H groups in total. The Hall–Kier alpha value is -1.69. The van der Waals surface area contributed by atoms with Crippen LogP contribution in [0.4, 0.5) is 0 Å². The maximum Gasteiger partial charge on any atom is 0.330 e. The molecule has 0 aliphatic rings. The molecular formula is C12H20O6. The quantitative estimate of drug-likeness (QED) is 0.323. The molecule has 0 amide bonds. The van der Waals surface area contributed by atoms with Gasteiger partial charge < -0.3 is 14.9 Å². The molecule has 0 bridgehead atoms. The molecule has 0 heterocycles. The third-order valence-electron chi connectivity index (χ3n) is 1.73. The number of aliphatic carboxylic acids is 1. The molecule has 18 heavy (non-hydrogen) atoms. The van der Waals surface area contributed by atoms with E-state index in [1.807, 2.05) is 0 Å². The second-order valence-electron chi connectivity index (χ2n) is 3.53. The number of rotatable bonds is 6. The van der Waals surface area contributed by atoms with E-state index in [0.29, 0.717) is 6.42 Å². The Morgan fingerprint density at radius 3 is 1.83 bits per heavy atom. The zero-order valence-electron chi connectivity index (χ0n) is 10.8. The van der Waals surface area contributed by atoms with Gasteiger partial charge in [-0.15, -0.1) is 0 Å². The van der Waals surface area contributed by atoms with Crippen molar-refractivity contribution in [2.75, 3.05) is 6.61 Å². The minimum absolute atomic E-state index is 0.180. The molecule has 0 unspecified atom stereocenters. The van der Waals surface area contributed by atoms with Gasteiger partial charge in [0.1, 0.15) is 0 Å². The Labute approximate surface area is 106 Å². The first-order valence-corrected chi connectivity index (χ1v) is 5.52. The van der Waals surface area contributed by atoms with Crippen molar-refractivity contribution in [3.8, 4) is 0 Å². The van der Waals surface area contributed by atoms with E-state index in [4.69, 9.17) is 10.2 Å². The normalized spacial score (nSPS) is 8.83. The Morgan fingerprint density at radius 1 is 1.06 bits per heavy atom. The van der Waals surface area contributed by atoms with Crippen molar-refractivity contribution in [3.63, 3.8) is 0 Å². The molecule has 0 atom stereocenters. The third kappa shape index (κ3) is 16.7. The Balaban J connectivity index is 0. The predicted molar refractivity (Wildman–Crippen MR) is 64.8 cm³/mol. The number of unbranched alkanes of at least 4 members (excludes halogenated alkanes) is 2. The number of carbonyl (C=O) groups is 3. The molecule has 6 heteroatoms. The number of aliphatic hydroxyl groups excluding tert-OH is 1. The zero-order chi connectivity index (χ0) is 14.6. The number of carbonyl (C=O) groups excluding carboxylic acids is 2. The van der Waals surface area contributed by atoms with Crippen LogP contribution in [-0.2, 0) is 19.1 Å². The highest BCUT2D eigenvalue weighted by Gasteiger charge is 2.01. The van der Waals surface area contributed by atoms with Gasteiger partial charge in [-0.2, -0.15) is 0 Å². The topological polar surface area (TPSA) is 101 Å². The Morgan fingerprint density at radius 2 is 1.56 bits per heavy atom. The Kier molecular flexibility index (Phi) is 12.2. The van der Waals surface area contributed by atoms with Gasteiger partial charge in [0.25, 0.3) is 0 Å². The number of hydrogen-bond donors (Lipinski definition) is 2. The first-order chi connectivity index (χ1) is 8.31. The lowest BCUT2D eigenvalue weighted by Crippen LogP contribution is -2.03. The van der Waals surface area contributed by atoms with Crippen molar-refractivity contribution in [1.82, 2.24) is 0 Å². The molecule has 0 fully saturated rings. The van der Waals surface area contributed by atoms with Crippen LogP contribution in [0.3, 0.4) is 0 Å². The highest BCUT2D eigenvalue weighted by atomic mass is 16.6. The second kappa shape index (κ2) is 11.8. The van der Waals surface area contributed by atoms with Gasteiger partial charge in [-0.25, -0.2) is 4.79 Å². The maximum absolute atomic E-state index is 10.2.